The fourth-order valence-corrected chi connectivity index (χ4v) is 2.31. The van der Waals surface area contributed by atoms with Crippen LogP contribution in [0.5, 0.6) is 0 Å². The van der Waals surface area contributed by atoms with Crippen LogP contribution in [0.15, 0.2) is 24.3 Å². The lowest BCUT2D eigenvalue weighted by atomic mass is 10.1. The van der Waals surface area contributed by atoms with Gasteiger partial charge in [-0.3, -0.25) is 9.69 Å². The fraction of sp³-hybridized carbons (Fsp3) is 0.533. The summed E-state index contributed by atoms with van der Waals surface area (Å²) in [5.41, 5.74) is 8.00. The SMILES string of the molecule is Cc1ccc(C(N)C(=O)NCCN2CCNCC2)cc1. The monoisotopic (exact) mass is 276 g/mol. The van der Waals surface area contributed by atoms with E-state index in [4.69, 9.17) is 5.73 Å². The predicted molar refractivity (Wildman–Crippen MR) is 80.4 cm³/mol. The number of nitrogens with zero attached hydrogens (tertiary/aromatic N) is 1. The number of hydrogen-bond donors (Lipinski definition) is 3. The molecule has 110 valence electrons. The molecule has 1 aromatic rings. The molecule has 4 N–H and O–H groups in total. The van der Waals surface area contributed by atoms with Gasteiger partial charge in [0.2, 0.25) is 5.91 Å². The average Bonchev–Trinajstić information content (AvgIpc) is 2.48. The molecular weight excluding hydrogens is 252 g/mol. The van der Waals surface area contributed by atoms with Crippen LogP contribution in [-0.2, 0) is 4.79 Å². The first-order valence-electron chi connectivity index (χ1n) is 7.20. The van der Waals surface area contributed by atoms with E-state index in [-0.39, 0.29) is 5.91 Å². The van der Waals surface area contributed by atoms with Crippen LogP contribution in [0, 0.1) is 6.92 Å². The van der Waals surface area contributed by atoms with Crippen molar-refractivity contribution < 1.29 is 4.79 Å². The van der Waals surface area contributed by atoms with E-state index in [1.165, 1.54) is 5.56 Å². The van der Waals surface area contributed by atoms with Crippen LogP contribution in [0.3, 0.4) is 0 Å². The molecule has 1 saturated heterocycles. The van der Waals surface area contributed by atoms with Gasteiger partial charge in [-0.25, -0.2) is 0 Å². The van der Waals surface area contributed by atoms with Gasteiger partial charge in [0.1, 0.15) is 6.04 Å². The van der Waals surface area contributed by atoms with Gasteiger partial charge in [-0.05, 0) is 12.5 Å². The number of piperazine rings is 1. The molecule has 1 aliphatic rings. The first-order chi connectivity index (χ1) is 9.66. The Morgan fingerprint density at radius 3 is 2.65 bits per heavy atom. The summed E-state index contributed by atoms with van der Waals surface area (Å²) in [5.74, 6) is -0.107. The van der Waals surface area contributed by atoms with Crippen LogP contribution in [0.4, 0.5) is 0 Å². The number of rotatable bonds is 5. The van der Waals surface area contributed by atoms with E-state index < -0.39 is 6.04 Å². The number of benzene rings is 1. The van der Waals surface area contributed by atoms with Crippen LogP contribution in [0.2, 0.25) is 0 Å². The first-order valence-corrected chi connectivity index (χ1v) is 7.20. The zero-order valence-electron chi connectivity index (χ0n) is 12.1. The molecular formula is C15H24N4O. The van der Waals surface area contributed by atoms with Crippen molar-refractivity contribution in [3.63, 3.8) is 0 Å². The highest BCUT2D eigenvalue weighted by Gasteiger charge is 2.15. The van der Waals surface area contributed by atoms with E-state index in [1.54, 1.807) is 0 Å². The van der Waals surface area contributed by atoms with Gasteiger partial charge in [0, 0.05) is 39.3 Å². The van der Waals surface area contributed by atoms with Crippen molar-refractivity contribution in [2.75, 3.05) is 39.3 Å². The normalized spacial score (nSPS) is 17.7. The van der Waals surface area contributed by atoms with Crippen LogP contribution in [0.25, 0.3) is 0 Å². The predicted octanol–water partition coefficient (Wildman–Crippen LogP) is 0.0162. The first kappa shape index (κ1) is 15.0. The number of carbonyl (C=O) groups is 1. The highest BCUT2D eigenvalue weighted by atomic mass is 16.2. The zero-order chi connectivity index (χ0) is 14.4. The summed E-state index contributed by atoms with van der Waals surface area (Å²) in [5, 5.41) is 6.23. The maximum atomic E-state index is 12.0. The van der Waals surface area contributed by atoms with E-state index in [0.717, 1.165) is 38.3 Å². The molecule has 1 amide bonds. The van der Waals surface area contributed by atoms with Gasteiger partial charge in [0.05, 0.1) is 0 Å². The molecule has 1 fully saturated rings. The third kappa shape index (κ3) is 4.30. The molecule has 0 saturated carbocycles. The lowest BCUT2D eigenvalue weighted by molar-refractivity contribution is -0.122. The van der Waals surface area contributed by atoms with E-state index in [2.05, 4.69) is 15.5 Å². The van der Waals surface area contributed by atoms with Gasteiger partial charge < -0.3 is 16.4 Å². The Morgan fingerprint density at radius 2 is 2.00 bits per heavy atom. The van der Waals surface area contributed by atoms with Crippen molar-refractivity contribution in [1.29, 1.82) is 0 Å². The summed E-state index contributed by atoms with van der Waals surface area (Å²) >= 11 is 0. The van der Waals surface area contributed by atoms with Crippen LogP contribution < -0.4 is 16.4 Å². The van der Waals surface area contributed by atoms with Crippen molar-refractivity contribution in [2.24, 2.45) is 5.73 Å². The largest absolute Gasteiger partial charge is 0.353 e. The molecule has 1 aromatic carbocycles. The highest BCUT2D eigenvalue weighted by molar-refractivity contribution is 5.82. The molecule has 0 spiro atoms. The van der Waals surface area contributed by atoms with E-state index in [9.17, 15) is 4.79 Å². The Kier molecular flexibility index (Phi) is 5.52. The van der Waals surface area contributed by atoms with Crippen molar-refractivity contribution in [3.8, 4) is 0 Å². The van der Waals surface area contributed by atoms with Crippen molar-refractivity contribution in [3.05, 3.63) is 35.4 Å². The Balaban J connectivity index is 1.74. The molecule has 1 atom stereocenters. The molecule has 2 rings (SSSR count). The number of nitrogens with two attached hydrogens (primary N) is 1. The van der Waals surface area contributed by atoms with Crippen molar-refractivity contribution in [2.45, 2.75) is 13.0 Å². The van der Waals surface area contributed by atoms with E-state index >= 15 is 0 Å². The molecule has 1 heterocycles. The quantitative estimate of drug-likeness (QED) is 0.709. The van der Waals surface area contributed by atoms with Gasteiger partial charge >= 0.3 is 0 Å². The Labute approximate surface area is 120 Å². The standard InChI is InChI=1S/C15H24N4O/c1-12-2-4-13(5-3-12)14(16)15(20)18-8-11-19-9-6-17-7-10-19/h2-5,14,17H,6-11,16H2,1H3,(H,18,20). The second-order valence-corrected chi connectivity index (χ2v) is 5.27. The molecule has 5 heteroatoms. The lowest BCUT2D eigenvalue weighted by Crippen LogP contribution is -2.47. The van der Waals surface area contributed by atoms with E-state index in [0.29, 0.717) is 6.54 Å². The van der Waals surface area contributed by atoms with Crippen LogP contribution >= 0.6 is 0 Å². The second kappa shape index (κ2) is 7.38. The molecule has 20 heavy (non-hydrogen) atoms. The Hall–Kier alpha value is -1.43. The third-order valence-electron chi connectivity index (χ3n) is 3.66. The average molecular weight is 276 g/mol. The van der Waals surface area contributed by atoms with Crippen molar-refractivity contribution in [1.82, 2.24) is 15.5 Å². The fourth-order valence-electron chi connectivity index (χ4n) is 2.31. The molecule has 0 aliphatic carbocycles. The molecule has 0 bridgehead atoms. The summed E-state index contributed by atoms with van der Waals surface area (Å²) in [7, 11) is 0. The minimum atomic E-state index is -0.585. The summed E-state index contributed by atoms with van der Waals surface area (Å²) in [4.78, 5) is 14.3. The molecule has 1 unspecified atom stereocenters. The summed E-state index contributed by atoms with van der Waals surface area (Å²) in [6.45, 7) is 7.68. The number of aryl methyl sites for hydroxylation is 1. The number of amides is 1. The second-order valence-electron chi connectivity index (χ2n) is 5.27. The van der Waals surface area contributed by atoms with Crippen LogP contribution in [-0.4, -0.2) is 50.1 Å². The van der Waals surface area contributed by atoms with Gasteiger partial charge in [0.15, 0.2) is 0 Å². The summed E-state index contributed by atoms with van der Waals surface area (Å²) < 4.78 is 0. The highest BCUT2D eigenvalue weighted by Crippen LogP contribution is 2.11. The zero-order valence-corrected chi connectivity index (χ0v) is 12.1. The smallest absolute Gasteiger partial charge is 0.241 e. The van der Waals surface area contributed by atoms with Gasteiger partial charge in [0.25, 0.3) is 0 Å². The minimum Gasteiger partial charge on any atom is -0.353 e. The van der Waals surface area contributed by atoms with Crippen molar-refractivity contribution >= 4 is 5.91 Å². The number of nitrogens with one attached hydrogen (secondary N) is 2. The van der Waals surface area contributed by atoms with Gasteiger partial charge in [-0.1, -0.05) is 29.8 Å². The van der Waals surface area contributed by atoms with E-state index in [1.807, 2.05) is 31.2 Å². The topological polar surface area (TPSA) is 70.4 Å². The maximum absolute atomic E-state index is 12.0. The number of hydrogen-bond acceptors (Lipinski definition) is 4. The lowest BCUT2D eigenvalue weighted by Gasteiger charge is -2.27. The number of carbonyl (C=O) groups excluding carboxylic acids is 1. The van der Waals surface area contributed by atoms with Gasteiger partial charge in [-0.15, -0.1) is 0 Å². The van der Waals surface area contributed by atoms with Crippen LogP contribution in [0.1, 0.15) is 17.2 Å². The van der Waals surface area contributed by atoms with Gasteiger partial charge in [-0.2, -0.15) is 0 Å². The molecule has 0 radical (unpaired) electrons. The third-order valence-corrected chi connectivity index (χ3v) is 3.66. The molecule has 5 nitrogen and oxygen atoms in total. The Morgan fingerprint density at radius 1 is 1.35 bits per heavy atom. The maximum Gasteiger partial charge on any atom is 0.241 e. The molecule has 0 aromatic heterocycles. The Bertz CT molecular complexity index is 426. The summed E-state index contributed by atoms with van der Waals surface area (Å²) in [6, 6.07) is 7.19. The molecule has 1 aliphatic heterocycles. The summed E-state index contributed by atoms with van der Waals surface area (Å²) in [6.07, 6.45) is 0. The minimum absolute atomic E-state index is 0.107.